The van der Waals surface area contributed by atoms with Crippen molar-refractivity contribution in [1.82, 2.24) is 0 Å². The van der Waals surface area contributed by atoms with Crippen LogP contribution in [0.4, 0.5) is 0 Å². The summed E-state index contributed by atoms with van der Waals surface area (Å²) in [5.41, 5.74) is 1.52. The van der Waals surface area contributed by atoms with Crippen molar-refractivity contribution >= 4 is 0 Å². The predicted molar refractivity (Wildman–Crippen MR) is 39.0 cm³/mol. The summed E-state index contributed by atoms with van der Waals surface area (Å²) in [6.07, 6.45) is 6.13. The first kappa shape index (κ1) is 7.74. The Morgan fingerprint density at radius 2 is 2.12 bits per heavy atom. The lowest BCUT2D eigenvalue weighted by molar-refractivity contribution is 0.786. The smallest absolute Gasteiger partial charge is 0.0323 e. The summed E-state index contributed by atoms with van der Waals surface area (Å²) < 4.78 is 0. The highest BCUT2D eigenvalue weighted by molar-refractivity contribution is 4.94. The van der Waals surface area contributed by atoms with Gasteiger partial charge in [-0.2, -0.15) is 0 Å². The molecule has 0 unspecified atom stereocenters. The largest absolute Gasteiger partial charge is 0.0887 e. The van der Waals surface area contributed by atoms with E-state index in [4.69, 9.17) is 0 Å². The number of hydrogen-bond donors (Lipinski definition) is 0. The van der Waals surface area contributed by atoms with Crippen LogP contribution in [0.2, 0.25) is 0 Å². The summed E-state index contributed by atoms with van der Waals surface area (Å²) in [5.74, 6) is 0. The Morgan fingerprint density at radius 1 is 1.50 bits per heavy atom. The summed E-state index contributed by atoms with van der Waals surface area (Å²) in [5, 5.41) is 0. The maximum Gasteiger partial charge on any atom is -0.0323 e. The Hall–Kier alpha value is -0.260. The molecule has 0 aliphatic carbocycles. The van der Waals surface area contributed by atoms with Crippen LogP contribution in [0.25, 0.3) is 0 Å². The Balaban J connectivity index is 3.12. The molecule has 0 fully saturated rings. The van der Waals surface area contributed by atoms with Crippen molar-refractivity contribution in [3.05, 3.63) is 11.6 Å². The molecule has 0 N–H and O–H groups in total. The Morgan fingerprint density at radius 3 is 2.50 bits per heavy atom. The zero-order valence-corrected chi connectivity index (χ0v) is 6.20. The van der Waals surface area contributed by atoms with Gasteiger partial charge in [-0.25, -0.2) is 0 Å². The van der Waals surface area contributed by atoms with E-state index in [0.717, 1.165) is 0 Å². The molecule has 8 heavy (non-hydrogen) atoms. The highest BCUT2D eigenvalue weighted by Crippen LogP contribution is 2.04. The average Bonchev–Trinajstić information content (AvgIpc) is 1.83. The lowest BCUT2D eigenvalue weighted by Crippen LogP contribution is -1.74. The lowest BCUT2D eigenvalue weighted by atomic mass is 10.1. The normalized spacial score (nSPS) is 12.1. The van der Waals surface area contributed by atoms with Gasteiger partial charge >= 0.3 is 0 Å². The Kier molecular flexibility index (Phi) is 4.73. The molecule has 0 radical (unpaired) electrons. The molecule has 0 aromatic rings. The molecule has 0 bridgehead atoms. The molecule has 0 rings (SSSR count). The van der Waals surface area contributed by atoms with Crippen molar-refractivity contribution in [2.45, 2.75) is 40.0 Å². The van der Waals surface area contributed by atoms with Crippen LogP contribution in [-0.4, -0.2) is 0 Å². The molecule has 0 spiro atoms. The number of rotatable bonds is 3. The van der Waals surface area contributed by atoms with Crippen LogP contribution in [0.3, 0.4) is 0 Å². The van der Waals surface area contributed by atoms with Crippen LogP contribution >= 0.6 is 0 Å². The predicted octanol–water partition coefficient (Wildman–Crippen LogP) is 3.14. The maximum absolute atomic E-state index is 2.23. The number of unbranched alkanes of at least 4 members (excludes halogenated alkanes) is 1. The van der Waals surface area contributed by atoms with Crippen LogP contribution in [0.1, 0.15) is 40.0 Å². The van der Waals surface area contributed by atoms with Crippen molar-refractivity contribution in [1.29, 1.82) is 0 Å². The molecule has 0 saturated carbocycles. The van der Waals surface area contributed by atoms with Gasteiger partial charge in [0.15, 0.2) is 0 Å². The molecular weight excluding hydrogens is 96.1 g/mol. The summed E-state index contributed by atoms with van der Waals surface area (Å²) in [7, 11) is 0. The van der Waals surface area contributed by atoms with Gasteiger partial charge in [-0.05, 0) is 26.7 Å². The van der Waals surface area contributed by atoms with Gasteiger partial charge in [-0.3, -0.25) is 0 Å². The second-order valence-corrected chi connectivity index (χ2v) is 2.24. The fourth-order valence-corrected chi connectivity index (χ4v) is 0.600. The molecule has 0 aromatic heterocycles. The minimum atomic E-state index is 1.28. The maximum atomic E-state index is 2.23. The van der Waals surface area contributed by atoms with Crippen molar-refractivity contribution in [2.24, 2.45) is 0 Å². The Bertz CT molecular complexity index is 70.1. The van der Waals surface area contributed by atoms with E-state index in [1.807, 2.05) is 0 Å². The molecule has 0 heterocycles. The SMILES string of the molecule is CC=C(C)CCCC. The summed E-state index contributed by atoms with van der Waals surface area (Å²) >= 11 is 0. The molecule has 0 heteroatoms. The average molecular weight is 112 g/mol. The minimum Gasteiger partial charge on any atom is -0.0887 e. The van der Waals surface area contributed by atoms with Gasteiger partial charge in [-0.1, -0.05) is 25.0 Å². The van der Waals surface area contributed by atoms with Crippen molar-refractivity contribution in [3.63, 3.8) is 0 Å². The third kappa shape index (κ3) is 3.91. The standard InChI is InChI=1S/C8H16/c1-4-6-7-8(3)5-2/h5H,4,6-7H2,1-3H3. The molecule has 0 saturated heterocycles. The third-order valence-electron chi connectivity index (χ3n) is 1.42. The van der Waals surface area contributed by atoms with Crippen LogP contribution in [0, 0.1) is 0 Å². The first-order valence-electron chi connectivity index (χ1n) is 3.43. The molecule has 0 atom stereocenters. The molecule has 48 valence electrons. The molecule has 0 aromatic carbocycles. The third-order valence-corrected chi connectivity index (χ3v) is 1.42. The summed E-state index contributed by atoms with van der Waals surface area (Å²) in [6, 6.07) is 0. The molecule has 0 aliphatic rings. The first-order chi connectivity index (χ1) is 3.81. The number of allylic oxidation sites excluding steroid dienone is 2. The van der Waals surface area contributed by atoms with Crippen LogP contribution in [0.5, 0.6) is 0 Å². The lowest BCUT2D eigenvalue weighted by Gasteiger charge is -1.94. The zero-order chi connectivity index (χ0) is 6.41. The van der Waals surface area contributed by atoms with E-state index < -0.39 is 0 Å². The van der Waals surface area contributed by atoms with E-state index in [1.54, 1.807) is 0 Å². The van der Waals surface area contributed by atoms with Gasteiger partial charge < -0.3 is 0 Å². The van der Waals surface area contributed by atoms with E-state index >= 15 is 0 Å². The highest BCUT2D eigenvalue weighted by atomic mass is 13.9. The number of hydrogen-bond acceptors (Lipinski definition) is 0. The van der Waals surface area contributed by atoms with Gasteiger partial charge in [0.1, 0.15) is 0 Å². The van der Waals surface area contributed by atoms with Gasteiger partial charge in [0.25, 0.3) is 0 Å². The topological polar surface area (TPSA) is 0 Å². The van der Waals surface area contributed by atoms with Gasteiger partial charge in [0, 0.05) is 0 Å². The second-order valence-electron chi connectivity index (χ2n) is 2.24. The van der Waals surface area contributed by atoms with Crippen molar-refractivity contribution < 1.29 is 0 Å². The van der Waals surface area contributed by atoms with Gasteiger partial charge in [-0.15, -0.1) is 0 Å². The van der Waals surface area contributed by atoms with E-state index in [2.05, 4.69) is 26.8 Å². The summed E-state index contributed by atoms with van der Waals surface area (Å²) in [6.45, 7) is 6.52. The van der Waals surface area contributed by atoms with Crippen LogP contribution in [-0.2, 0) is 0 Å². The fraction of sp³-hybridized carbons (Fsp3) is 0.750. The molecule has 0 amide bonds. The first-order valence-corrected chi connectivity index (χ1v) is 3.43. The molecular formula is C8H16. The zero-order valence-electron chi connectivity index (χ0n) is 6.20. The fourth-order valence-electron chi connectivity index (χ4n) is 0.600. The van der Waals surface area contributed by atoms with Gasteiger partial charge in [0.2, 0.25) is 0 Å². The molecule has 0 aliphatic heterocycles. The van der Waals surface area contributed by atoms with E-state index in [0.29, 0.717) is 0 Å². The van der Waals surface area contributed by atoms with Crippen molar-refractivity contribution in [2.75, 3.05) is 0 Å². The van der Waals surface area contributed by atoms with Crippen LogP contribution in [0.15, 0.2) is 11.6 Å². The molecule has 0 nitrogen and oxygen atoms in total. The summed E-state index contributed by atoms with van der Waals surface area (Å²) in [4.78, 5) is 0. The monoisotopic (exact) mass is 112 g/mol. The van der Waals surface area contributed by atoms with E-state index in [-0.39, 0.29) is 0 Å². The van der Waals surface area contributed by atoms with Gasteiger partial charge in [0.05, 0.1) is 0 Å². The second kappa shape index (κ2) is 4.89. The quantitative estimate of drug-likeness (QED) is 0.492. The van der Waals surface area contributed by atoms with Crippen molar-refractivity contribution in [3.8, 4) is 0 Å². The van der Waals surface area contributed by atoms with E-state index in [1.165, 1.54) is 24.8 Å². The highest BCUT2D eigenvalue weighted by Gasteiger charge is 1.83. The minimum absolute atomic E-state index is 1.28. The van der Waals surface area contributed by atoms with Crippen LogP contribution < -0.4 is 0 Å². The van der Waals surface area contributed by atoms with E-state index in [9.17, 15) is 0 Å². The Labute approximate surface area is 52.6 Å².